The second kappa shape index (κ2) is 8.94. The van der Waals surface area contributed by atoms with E-state index in [2.05, 4.69) is 0 Å². The Kier molecular flexibility index (Phi) is 6.64. The number of benzene rings is 2. The highest BCUT2D eigenvalue weighted by molar-refractivity contribution is 6.14. The maximum absolute atomic E-state index is 13.0. The van der Waals surface area contributed by atoms with Crippen molar-refractivity contribution in [1.82, 2.24) is 4.90 Å². The summed E-state index contributed by atoms with van der Waals surface area (Å²) in [4.78, 5) is 15.0. The lowest BCUT2D eigenvalue weighted by molar-refractivity contribution is -0.138. The van der Waals surface area contributed by atoms with Crippen molar-refractivity contribution in [2.45, 2.75) is 32.2 Å². The molecule has 1 fully saturated rings. The Balaban J connectivity index is 1.92. The predicted octanol–water partition coefficient (Wildman–Crippen LogP) is 6.48. The Morgan fingerprint density at radius 2 is 1.06 bits per heavy atom. The van der Waals surface area contributed by atoms with E-state index in [-0.39, 0.29) is 11.8 Å². The van der Waals surface area contributed by atoms with Crippen molar-refractivity contribution in [3.05, 3.63) is 81.9 Å². The van der Waals surface area contributed by atoms with Gasteiger partial charge in [0.25, 0.3) is 0 Å². The van der Waals surface area contributed by atoms with Gasteiger partial charge in [-0.15, -0.1) is 0 Å². The lowest BCUT2D eigenvalue weighted by Crippen LogP contribution is -2.41. The van der Waals surface area contributed by atoms with Crippen molar-refractivity contribution < 1.29 is 31.1 Å². The molecule has 2 nitrogen and oxygen atoms in total. The Bertz CT molecular complexity index is 949. The number of halogens is 6. The second-order valence-electron chi connectivity index (χ2n) is 7.91. The topological polar surface area (TPSA) is 20.3 Å². The highest BCUT2D eigenvalue weighted by atomic mass is 19.4. The SMILES string of the molecule is CC(C)N1CC(=Cc2ccc(C(F)(F)F)cc2)C(=O)C(=Cc2ccc(C(F)(F)F)cc2)C1. The molecule has 170 valence electrons. The summed E-state index contributed by atoms with van der Waals surface area (Å²) < 4.78 is 76.7. The Labute approximate surface area is 181 Å². The Morgan fingerprint density at radius 3 is 1.34 bits per heavy atom. The van der Waals surface area contributed by atoms with Crippen LogP contribution in [0.15, 0.2) is 59.7 Å². The van der Waals surface area contributed by atoms with Gasteiger partial charge in [-0.25, -0.2) is 0 Å². The molecular formula is C24H21F6NO. The fourth-order valence-corrected chi connectivity index (χ4v) is 3.37. The number of rotatable bonds is 3. The number of hydrogen-bond acceptors (Lipinski definition) is 2. The molecule has 0 aliphatic carbocycles. The number of hydrogen-bond donors (Lipinski definition) is 0. The van der Waals surface area contributed by atoms with Gasteiger partial charge in [-0.3, -0.25) is 9.69 Å². The summed E-state index contributed by atoms with van der Waals surface area (Å²) in [6.07, 6.45) is -5.79. The van der Waals surface area contributed by atoms with Crippen molar-refractivity contribution in [1.29, 1.82) is 0 Å². The summed E-state index contributed by atoms with van der Waals surface area (Å²) in [5, 5.41) is 0. The number of carbonyl (C=O) groups excluding carboxylic acids is 1. The molecule has 0 saturated carbocycles. The predicted molar refractivity (Wildman–Crippen MR) is 111 cm³/mol. The third kappa shape index (κ3) is 5.68. The maximum atomic E-state index is 13.0. The van der Waals surface area contributed by atoms with Gasteiger partial charge in [0.1, 0.15) is 0 Å². The van der Waals surface area contributed by atoms with Crippen molar-refractivity contribution in [2.24, 2.45) is 0 Å². The van der Waals surface area contributed by atoms with Crippen molar-refractivity contribution in [3.63, 3.8) is 0 Å². The lowest BCUT2D eigenvalue weighted by atomic mass is 9.93. The number of carbonyl (C=O) groups is 1. The van der Waals surface area contributed by atoms with Crippen LogP contribution in [0.25, 0.3) is 12.2 Å². The number of ketones is 1. The van der Waals surface area contributed by atoms with Crippen LogP contribution in [-0.2, 0) is 17.1 Å². The third-order valence-corrected chi connectivity index (χ3v) is 5.22. The summed E-state index contributed by atoms with van der Waals surface area (Å²) in [6.45, 7) is 4.53. The van der Waals surface area contributed by atoms with Crippen molar-refractivity contribution in [2.75, 3.05) is 13.1 Å². The average molecular weight is 453 g/mol. The van der Waals surface area contributed by atoms with Gasteiger partial charge in [-0.1, -0.05) is 24.3 Å². The minimum absolute atomic E-state index is 0.0788. The smallest absolute Gasteiger partial charge is 0.292 e. The number of nitrogens with zero attached hydrogens (tertiary/aromatic N) is 1. The van der Waals surface area contributed by atoms with Crippen LogP contribution in [0.2, 0.25) is 0 Å². The van der Waals surface area contributed by atoms with Gasteiger partial charge in [0.15, 0.2) is 5.78 Å². The molecule has 0 spiro atoms. The second-order valence-corrected chi connectivity index (χ2v) is 7.91. The maximum Gasteiger partial charge on any atom is 0.416 e. The number of piperidine rings is 1. The molecule has 1 aliphatic rings. The standard InChI is InChI=1S/C24H21F6NO/c1-15(2)31-13-18(11-16-3-7-20(8-4-16)23(25,26)27)22(32)19(14-31)12-17-5-9-21(10-6-17)24(28,29)30/h3-12,15H,13-14H2,1-2H3. The molecule has 1 saturated heterocycles. The van der Waals surface area contributed by atoms with Crippen LogP contribution >= 0.6 is 0 Å². The van der Waals surface area contributed by atoms with Crippen molar-refractivity contribution in [3.8, 4) is 0 Å². The molecule has 0 unspecified atom stereocenters. The summed E-state index contributed by atoms with van der Waals surface area (Å²) in [5.74, 6) is -0.276. The van der Waals surface area contributed by atoms with Crippen LogP contribution < -0.4 is 0 Å². The number of likely N-dealkylation sites (tertiary alicyclic amines) is 1. The minimum Gasteiger partial charge on any atom is -0.292 e. The van der Waals surface area contributed by atoms with Crippen LogP contribution in [0.4, 0.5) is 26.3 Å². The first-order chi connectivity index (χ1) is 14.8. The van der Waals surface area contributed by atoms with Gasteiger partial charge in [-0.05, 0) is 61.4 Å². The van der Waals surface area contributed by atoms with Gasteiger partial charge >= 0.3 is 12.4 Å². The summed E-state index contributed by atoms with van der Waals surface area (Å²) in [6, 6.07) is 9.12. The van der Waals surface area contributed by atoms with Gasteiger partial charge in [0, 0.05) is 30.3 Å². The van der Waals surface area contributed by atoms with E-state index in [0.29, 0.717) is 35.4 Å². The Hall–Kier alpha value is -2.87. The van der Waals surface area contributed by atoms with E-state index < -0.39 is 23.5 Å². The normalized spacial score (nSPS) is 18.7. The molecule has 2 aromatic rings. The molecule has 0 N–H and O–H groups in total. The number of Topliss-reactive ketones (excluding diaryl/α,β-unsaturated/α-hetero) is 1. The van der Waals surface area contributed by atoms with E-state index in [9.17, 15) is 31.1 Å². The minimum atomic E-state index is -4.45. The lowest BCUT2D eigenvalue weighted by Gasteiger charge is -2.32. The molecule has 0 aromatic heterocycles. The van der Waals surface area contributed by atoms with Crippen LogP contribution in [0.5, 0.6) is 0 Å². The first-order valence-corrected chi connectivity index (χ1v) is 9.89. The molecule has 0 amide bonds. The zero-order valence-corrected chi connectivity index (χ0v) is 17.4. The highest BCUT2D eigenvalue weighted by Crippen LogP contribution is 2.31. The summed E-state index contributed by atoms with van der Waals surface area (Å²) in [7, 11) is 0. The molecule has 2 aromatic carbocycles. The van der Waals surface area contributed by atoms with Crippen LogP contribution in [0.3, 0.4) is 0 Å². The molecule has 1 heterocycles. The quantitative estimate of drug-likeness (QED) is 0.391. The van der Waals surface area contributed by atoms with E-state index in [0.717, 1.165) is 24.3 Å². The van der Waals surface area contributed by atoms with Gasteiger partial charge in [0.2, 0.25) is 0 Å². The summed E-state index contributed by atoms with van der Waals surface area (Å²) in [5.41, 5.74) is 0.176. The zero-order chi connectivity index (χ0) is 23.7. The Morgan fingerprint density at radius 1 is 0.719 bits per heavy atom. The van der Waals surface area contributed by atoms with Crippen LogP contribution in [-0.4, -0.2) is 29.8 Å². The highest BCUT2D eigenvalue weighted by Gasteiger charge is 2.31. The van der Waals surface area contributed by atoms with E-state index in [1.54, 1.807) is 12.2 Å². The van der Waals surface area contributed by atoms with E-state index in [1.807, 2.05) is 18.7 Å². The molecule has 0 bridgehead atoms. The van der Waals surface area contributed by atoms with E-state index >= 15 is 0 Å². The monoisotopic (exact) mass is 453 g/mol. The fraction of sp³-hybridized carbons (Fsp3) is 0.292. The van der Waals surface area contributed by atoms with Crippen LogP contribution in [0.1, 0.15) is 36.1 Å². The summed E-state index contributed by atoms with van der Waals surface area (Å²) >= 11 is 0. The first kappa shape index (κ1) is 23.8. The van der Waals surface area contributed by atoms with Crippen LogP contribution in [0, 0.1) is 0 Å². The first-order valence-electron chi connectivity index (χ1n) is 9.89. The zero-order valence-electron chi connectivity index (χ0n) is 17.4. The number of alkyl halides is 6. The fourth-order valence-electron chi connectivity index (χ4n) is 3.37. The largest absolute Gasteiger partial charge is 0.416 e. The average Bonchev–Trinajstić information content (AvgIpc) is 2.70. The van der Waals surface area contributed by atoms with Crippen molar-refractivity contribution >= 4 is 17.9 Å². The van der Waals surface area contributed by atoms with Gasteiger partial charge in [0.05, 0.1) is 11.1 Å². The third-order valence-electron chi connectivity index (χ3n) is 5.22. The molecule has 32 heavy (non-hydrogen) atoms. The molecular weight excluding hydrogens is 432 g/mol. The molecule has 0 atom stereocenters. The van der Waals surface area contributed by atoms with E-state index in [4.69, 9.17) is 0 Å². The van der Waals surface area contributed by atoms with E-state index in [1.165, 1.54) is 24.3 Å². The molecule has 0 radical (unpaired) electrons. The van der Waals surface area contributed by atoms with Gasteiger partial charge in [-0.2, -0.15) is 26.3 Å². The molecule has 8 heteroatoms. The molecule has 3 rings (SSSR count). The van der Waals surface area contributed by atoms with Gasteiger partial charge < -0.3 is 0 Å². The molecule has 1 aliphatic heterocycles.